The van der Waals surface area contributed by atoms with Gasteiger partial charge in [-0.25, -0.2) is 0 Å². The van der Waals surface area contributed by atoms with Crippen LogP contribution in [0.1, 0.15) is 19.8 Å². The Kier molecular flexibility index (Phi) is 3.70. The average molecular weight is 229 g/mol. The summed E-state index contributed by atoms with van der Waals surface area (Å²) in [7, 11) is 0. The van der Waals surface area contributed by atoms with E-state index in [1.165, 1.54) is 5.39 Å². The van der Waals surface area contributed by atoms with Gasteiger partial charge in [-0.2, -0.15) is 4.57 Å². The van der Waals surface area contributed by atoms with Crippen LogP contribution in [0.3, 0.4) is 0 Å². The highest BCUT2D eigenvalue weighted by Crippen LogP contribution is 2.08. The minimum atomic E-state index is 0.645. The van der Waals surface area contributed by atoms with Gasteiger partial charge in [-0.3, -0.25) is 0 Å². The van der Waals surface area contributed by atoms with E-state index >= 15 is 0 Å². The van der Waals surface area contributed by atoms with E-state index in [0.29, 0.717) is 6.54 Å². The molecule has 0 amide bonds. The third-order valence-electron chi connectivity index (χ3n) is 2.82. The van der Waals surface area contributed by atoms with E-state index < -0.39 is 0 Å². The minimum Gasteiger partial charge on any atom is -0.411 e. The quantitative estimate of drug-likeness (QED) is 0.372. The van der Waals surface area contributed by atoms with Crippen molar-refractivity contribution >= 4 is 16.6 Å². The van der Waals surface area contributed by atoms with Gasteiger partial charge in [-0.1, -0.05) is 30.6 Å². The summed E-state index contributed by atoms with van der Waals surface area (Å²) < 4.78 is 2.11. The van der Waals surface area contributed by atoms with E-state index in [1.54, 1.807) is 0 Å². The Morgan fingerprint density at radius 3 is 2.76 bits per heavy atom. The molecule has 3 nitrogen and oxygen atoms in total. The standard InChI is InChI=1S/C14H16N2O/c1-2-6-13(15-17)11-16-10-5-8-12-7-3-4-9-14(12)16/h3-5,7-10H,2,6,11H2,1H3/p+1. The van der Waals surface area contributed by atoms with Crippen molar-refractivity contribution in [3.63, 3.8) is 0 Å². The first-order valence-corrected chi connectivity index (χ1v) is 5.92. The molecule has 0 bridgehead atoms. The molecular weight excluding hydrogens is 212 g/mol. The Labute approximate surface area is 101 Å². The maximum atomic E-state index is 8.97. The highest BCUT2D eigenvalue weighted by molar-refractivity contribution is 5.83. The molecule has 0 aliphatic heterocycles. The van der Waals surface area contributed by atoms with Crippen LogP contribution in [0.25, 0.3) is 10.9 Å². The molecule has 0 saturated heterocycles. The summed E-state index contributed by atoms with van der Waals surface area (Å²) in [6.45, 7) is 2.73. The molecule has 1 heterocycles. The largest absolute Gasteiger partial charge is 0.411 e. The topological polar surface area (TPSA) is 36.5 Å². The van der Waals surface area contributed by atoms with Crippen LogP contribution in [0.5, 0.6) is 0 Å². The van der Waals surface area contributed by atoms with Gasteiger partial charge >= 0.3 is 0 Å². The van der Waals surface area contributed by atoms with Crippen LogP contribution in [-0.4, -0.2) is 10.9 Å². The molecule has 0 radical (unpaired) electrons. The highest BCUT2D eigenvalue weighted by Gasteiger charge is 2.11. The smallest absolute Gasteiger partial charge is 0.212 e. The third kappa shape index (κ3) is 2.61. The van der Waals surface area contributed by atoms with Gasteiger partial charge in [-0.15, -0.1) is 0 Å². The van der Waals surface area contributed by atoms with Crippen LogP contribution in [0.15, 0.2) is 47.8 Å². The molecule has 2 rings (SSSR count). The fraction of sp³-hybridized carbons (Fsp3) is 0.286. The minimum absolute atomic E-state index is 0.645. The maximum Gasteiger partial charge on any atom is 0.212 e. The van der Waals surface area contributed by atoms with Gasteiger partial charge in [0.2, 0.25) is 5.52 Å². The summed E-state index contributed by atoms with van der Waals surface area (Å²) in [6, 6.07) is 12.3. The Morgan fingerprint density at radius 2 is 2.00 bits per heavy atom. The number of rotatable bonds is 4. The second-order valence-electron chi connectivity index (χ2n) is 4.11. The number of para-hydroxylation sites is 1. The summed E-state index contributed by atoms with van der Waals surface area (Å²) in [5, 5.41) is 13.5. The number of hydrogen-bond donors (Lipinski definition) is 1. The van der Waals surface area contributed by atoms with Crippen molar-refractivity contribution in [3.8, 4) is 0 Å². The van der Waals surface area contributed by atoms with Gasteiger partial charge in [0.1, 0.15) is 5.71 Å². The Bertz CT molecular complexity index is 529. The third-order valence-corrected chi connectivity index (χ3v) is 2.82. The lowest BCUT2D eigenvalue weighted by atomic mass is 10.2. The predicted octanol–water partition coefficient (Wildman–Crippen LogP) is 2.76. The second-order valence-corrected chi connectivity index (χ2v) is 4.11. The van der Waals surface area contributed by atoms with Crippen LogP contribution in [0.4, 0.5) is 0 Å². The van der Waals surface area contributed by atoms with E-state index in [9.17, 15) is 0 Å². The molecule has 0 saturated carbocycles. The van der Waals surface area contributed by atoms with Gasteiger partial charge in [0.05, 0.1) is 0 Å². The highest BCUT2D eigenvalue weighted by atomic mass is 16.4. The van der Waals surface area contributed by atoms with Crippen LogP contribution >= 0.6 is 0 Å². The predicted molar refractivity (Wildman–Crippen MR) is 68.3 cm³/mol. The molecule has 2 aromatic rings. The zero-order valence-electron chi connectivity index (χ0n) is 10.0. The molecule has 88 valence electrons. The van der Waals surface area contributed by atoms with Crippen LogP contribution < -0.4 is 4.57 Å². The van der Waals surface area contributed by atoms with Crippen molar-refractivity contribution in [2.45, 2.75) is 26.3 Å². The van der Waals surface area contributed by atoms with Gasteiger partial charge in [0.15, 0.2) is 12.7 Å². The number of oxime groups is 1. The number of pyridine rings is 1. The summed E-state index contributed by atoms with van der Waals surface area (Å²) in [6.07, 6.45) is 3.83. The molecule has 0 spiro atoms. The molecule has 1 N–H and O–H groups in total. The fourth-order valence-electron chi connectivity index (χ4n) is 2.00. The molecule has 17 heavy (non-hydrogen) atoms. The molecular formula is C14H17N2O+. The van der Waals surface area contributed by atoms with Crippen molar-refractivity contribution in [3.05, 3.63) is 42.6 Å². The first-order chi connectivity index (χ1) is 8.35. The van der Waals surface area contributed by atoms with E-state index in [1.807, 2.05) is 24.4 Å². The normalized spacial score (nSPS) is 11.9. The molecule has 1 aromatic heterocycles. The van der Waals surface area contributed by atoms with Gasteiger partial charge in [0, 0.05) is 17.5 Å². The summed E-state index contributed by atoms with van der Waals surface area (Å²) in [5.41, 5.74) is 1.97. The van der Waals surface area contributed by atoms with Crippen molar-refractivity contribution in [2.75, 3.05) is 0 Å². The zero-order chi connectivity index (χ0) is 12.1. The van der Waals surface area contributed by atoms with E-state index in [0.717, 1.165) is 24.1 Å². The van der Waals surface area contributed by atoms with Crippen LogP contribution in [0.2, 0.25) is 0 Å². The first-order valence-electron chi connectivity index (χ1n) is 5.92. The molecule has 3 heteroatoms. The van der Waals surface area contributed by atoms with Crippen LogP contribution in [-0.2, 0) is 6.54 Å². The lowest BCUT2D eigenvalue weighted by Gasteiger charge is -2.02. The van der Waals surface area contributed by atoms with Gasteiger partial charge < -0.3 is 5.21 Å². The molecule has 0 aliphatic carbocycles. The van der Waals surface area contributed by atoms with Crippen molar-refractivity contribution in [2.24, 2.45) is 5.16 Å². The number of nitrogens with zero attached hydrogens (tertiary/aromatic N) is 2. The van der Waals surface area contributed by atoms with Crippen LogP contribution in [0, 0.1) is 0 Å². The summed E-state index contributed by atoms with van der Waals surface area (Å²) >= 11 is 0. The SMILES string of the molecule is CCCC(C[n+]1cccc2ccccc21)=NO. The molecule has 0 fully saturated rings. The van der Waals surface area contributed by atoms with E-state index in [4.69, 9.17) is 5.21 Å². The molecule has 0 unspecified atom stereocenters. The fourth-order valence-corrected chi connectivity index (χ4v) is 2.00. The number of hydrogen-bond acceptors (Lipinski definition) is 2. The summed E-state index contributed by atoms with van der Waals surface area (Å²) in [4.78, 5) is 0. The number of benzene rings is 1. The molecule has 1 aromatic carbocycles. The zero-order valence-corrected chi connectivity index (χ0v) is 10.0. The van der Waals surface area contributed by atoms with Crippen molar-refractivity contribution < 1.29 is 9.77 Å². The first kappa shape index (κ1) is 11.6. The van der Waals surface area contributed by atoms with Crippen molar-refractivity contribution in [1.29, 1.82) is 0 Å². The maximum absolute atomic E-state index is 8.97. The van der Waals surface area contributed by atoms with E-state index in [-0.39, 0.29) is 0 Å². The number of fused-ring (bicyclic) bond motifs is 1. The Balaban J connectivity index is 2.35. The monoisotopic (exact) mass is 229 g/mol. The second kappa shape index (κ2) is 5.43. The molecule has 0 aliphatic rings. The van der Waals surface area contributed by atoms with Gasteiger partial charge in [-0.05, 0) is 18.6 Å². The summed E-state index contributed by atoms with van der Waals surface area (Å²) in [5.74, 6) is 0. The van der Waals surface area contributed by atoms with Crippen molar-refractivity contribution in [1.82, 2.24) is 0 Å². The lowest BCUT2D eigenvalue weighted by Crippen LogP contribution is -2.38. The lowest BCUT2D eigenvalue weighted by molar-refractivity contribution is -0.656. The molecule has 0 atom stereocenters. The Morgan fingerprint density at radius 1 is 1.24 bits per heavy atom. The Hall–Kier alpha value is -1.90. The van der Waals surface area contributed by atoms with E-state index in [2.05, 4.69) is 34.8 Å². The number of aromatic nitrogens is 1. The van der Waals surface area contributed by atoms with Gasteiger partial charge in [0.25, 0.3) is 0 Å². The average Bonchev–Trinajstić information content (AvgIpc) is 2.38.